The standard InChI is InChI=1S/C11H23N3O6SSi/c1-14(2)11(21)13-12-10(17)8(7-9(15)16)5-6-22(18,19-3)20-4/h8,18H,5-7H2,1-4H3,(H,12,17)(H,13,21)(H,15,16). The van der Waals surface area contributed by atoms with Crippen molar-refractivity contribution < 1.29 is 28.3 Å². The number of carboxylic acids is 1. The number of hydrogen-bond donors (Lipinski definition) is 4. The second-order valence-electron chi connectivity index (χ2n) is 4.77. The van der Waals surface area contributed by atoms with Gasteiger partial charge in [-0.05, 0) is 18.6 Å². The van der Waals surface area contributed by atoms with E-state index in [1.54, 1.807) is 19.0 Å². The van der Waals surface area contributed by atoms with E-state index in [1.807, 2.05) is 0 Å². The van der Waals surface area contributed by atoms with Crippen LogP contribution in [0.15, 0.2) is 0 Å². The summed E-state index contributed by atoms with van der Waals surface area (Å²) in [5.74, 6) is -2.50. The van der Waals surface area contributed by atoms with Crippen molar-refractivity contribution in [3.63, 3.8) is 0 Å². The van der Waals surface area contributed by atoms with E-state index in [0.717, 1.165) is 0 Å². The van der Waals surface area contributed by atoms with Gasteiger partial charge in [0.15, 0.2) is 5.11 Å². The molecule has 0 heterocycles. The molecule has 0 aromatic carbocycles. The van der Waals surface area contributed by atoms with E-state index in [0.29, 0.717) is 0 Å². The quantitative estimate of drug-likeness (QED) is 0.251. The Hall–Kier alpha value is -1.27. The molecule has 0 aliphatic heterocycles. The Balaban J connectivity index is 4.65. The largest absolute Gasteiger partial charge is 0.497 e. The summed E-state index contributed by atoms with van der Waals surface area (Å²) < 4.78 is 9.80. The number of nitrogens with one attached hydrogen (secondary N) is 2. The maximum absolute atomic E-state index is 12.0. The van der Waals surface area contributed by atoms with Crippen molar-refractivity contribution in [2.75, 3.05) is 28.3 Å². The maximum atomic E-state index is 12.0. The zero-order valence-corrected chi connectivity index (χ0v) is 14.9. The van der Waals surface area contributed by atoms with Crippen LogP contribution in [0.5, 0.6) is 0 Å². The molecule has 0 radical (unpaired) electrons. The number of amides is 1. The molecule has 1 atom stereocenters. The van der Waals surface area contributed by atoms with Crippen LogP contribution < -0.4 is 10.9 Å². The number of carboxylic acid groups (broad SMARTS) is 1. The van der Waals surface area contributed by atoms with Gasteiger partial charge >= 0.3 is 14.8 Å². The summed E-state index contributed by atoms with van der Waals surface area (Å²) in [7, 11) is 2.65. The Bertz CT molecular complexity index is 405. The summed E-state index contributed by atoms with van der Waals surface area (Å²) >= 11 is 4.94. The number of hydrogen-bond acceptors (Lipinski definition) is 6. The second-order valence-corrected chi connectivity index (χ2v) is 7.90. The molecule has 11 heteroatoms. The average molecular weight is 353 g/mol. The Kier molecular flexibility index (Phi) is 9.12. The lowest BCUT2D eigenvalue weighted by Gasteiger charge is -2.23. The number of aliphatic carboxylic acids is 1. The first kappa shape index (κ1) is 20.7. The lowest BCUT2D eigenvalue weighted by Crippen LogP contribution is -2.49. The molecule has 0 spiro atoms. The predicted molar refractivity (Wildman–Crippen MR) is 84.7 cm³/mol. The molecule has 0 saturated heterocycles. The Morgan fingerprint density at radius 1 is 1.27 bits per heavy atom. The predicted octanol–water partition coefficient (Wildman–Crippen LogP) is -0.841. The summed E-state index contributed by atoms with van der Waals surface area (Å²) in [5, 5.41) is 9.17. The van der Waals surface area contributed by atoms with Crippen LogP contribution in [-0.4, -0.2) is 68.9 Å². The molecule has 0 aliphatic carbocycles. The van der Waals surface area contributed by atoms with Crippen LogP contribution in [0, 0.1) is 5.92 Å². The number of carbonyl (C=O) groups excluding carboxylic acids is 1. The van der Waals surface area contributed by atoms with Gasteiger partial charge in [-0.3, -0.25) is 20.4 Å². The molecular formula is C11H23N3O6SSi. The van der Waals surface area contributed by atoms with E-state index in [2.05, 4.69) is 10.9 Å². The molecule has 22 heavy (non-hydrogen) atoms. The monoisotopic (exact) mass is 353 g/mol. The molecule has 9 nitrogen and oxygen atoms in total. The van der Waals surface area contributed by atoms with E-state index in [-0.39, 0.29) is 24.0 Å². The maximum Gasteiger partial charge on any atom is 0.497 e. The first-order valence-corrected chi connectivity index (χ1v) is 8.84. The Morgan fingerprint density at radius 2 is 1.82 bits per heavy atom. The molecule has 0 bridgehead atoms. The number of nitrogens with zero attached hydrogens (tertiary/aromatic N) is 1. The molecule has 4 N–H and O–H groups in total. The third kappa shape index (κ3) is 7.65. The molecule has 0 aromatic rings. The van der Waals surface area contributed by atoms with Crippen molar-refractivity contribution in [1.29, 1.82) is 0 Å². The fourth-order valence-electron chi connectivity index (χ4n) is 1.51. The van der Waals surface area contributed by atoms with Crippen molar-refractivity contribution in [1.82, 2.24) is 15.8 Å². The molecule has 1 unspecified atom stereocenters. The van der Waals surface area contributed by atoms with E-state index < -0.39 is 26.6 Å². The highest BCUT2D eigenvalue weighted by atomic mass is 32.1. The number of hydrazine groups is 1. The highest BCUT2D eigenvalue weighted by Crippen LogP contribution is 2.19. The zero-order valence-electron chi connectivity index (χ0n) is 13.1. The first-order chi connectivity index (χ1) is 10.1. The van der Waals surface area contributed by atoms with Crippen LogP contribution in [0.1, 0.15) is 12.8 Å². The fraction of sp³-hybridized carbons (Fsp3) is 0.727. The van der Waals surface area contributed by atoms with Crippen molar-refractivity contribution in [3.8, 4) is 0 Å². The molecule has 0 aromatic heterocycles. The number of rotatable bonds is 8. The lowest BCUT2D eigenvalue weighted by molar-refractivity contribution is -0.141. The molecule has 0 rings (SSSR count). The van der Waals surface area contributed by atoms with Gasteiger partial charge in [0.25, 0.3) is 0 Å². The summed E-state index contributed by atoms with van der Waals surface area (Å²) in [6.07, 6.45) is -0.265. The molecule has 128 valence electrons. The van der Waals surface area contributed by atoms with Gasteiger partial charge in [0, 0.05) is 34.4 Å². The van der Waals surface area contributed by atoms with E-state index >= 15 is 0 Å². The summed E-state index contributed by atoms with van der Waals surface area (Å²) in [4.78, 5) is 34.4. The number of thiocarbonyl (C=S) groups is 1. The normalized spacial score (nSPS) is 12.4. The van der Waals surface area contributed by atoms with Crippen LogP contribution >= 0.6 is 12.2 Å². The third-order valence-electron chi connectivity index (χ3n) is 2.94. The minimum atomic E-state index is -3.35. The smallest absolute Gasteiger partial charge is 0.481 e. The van der Waals surface area contributed by atoms with Gasteiger partial charge < -0.3 is 23.7 Å². The van der Waals surface area contributed by atoms with Gasteiger partial charge in [0.05, 0.1) is 12.3 Å². The van der Waals surface area contributed by atoms with Crippen LogP contribution in [0.3, 0.4) is 0 Å². The highest BCUT2D eigenvalue weighted by Gasteiger charge is 2.36. The zero-order chi connectivity index (χ0) is 17.3. The second kappa shape index (κ2) is 9.68. The summed E-state index contributed by atoms with van der Waals surface area (Å²) in [5.41, 5.74) is 4.87. The fourth-order valence-corrected chi connectivity index (χ4v) is 2.85. The average Bonchev–Trinajstić information content (AvgIpc) is 2.47. The van der Waals surface area contributed by atoms with E-state index in [9.17, 15) is 14.4 Å². The van der Waals surface area contributed by atoms with Gasteiger partial charge in [-0.15, -0.1) is 0 Å². The van der Waals surface area contributed by atoms with Crippen molar-refractivity contribution >= 4 is 38.0 Å². The molecule has 0 aliphatic rings. The lowest BCUT2D eigenvalue weighted by atomic mass is 10.0. The molecule has 0 fully saturated rings. The summed E-state index contributed by atoms with van der Waals surface area (Å²) in [6, 6.07) is 0.0729. The van der Waals surface area contributed by atoms with Crippen molar-refractivity contribution in [2.24, 2.45) is 5.92 Å². The Morgan fingerprint density at radius 3 is 2.23 bits per heavy atom. The SMILES string of the molecule is CO[Si](O)(CCC(CC(=O)O)C(=O)NNC(=S)N(C)C)OC. The Labute approximate surface area is 135 Å². The van der Waals surface area contributed by atoms with Gasteiger partial charge in [-0.2, -0.15) is 0 Å². The highest BCUT2D eigenvalue weighted by molar-refractivity contribution is 7.80. The first-order valence-electron chi connectivity index (χ1n) is 6.46. The number of carbonyl (C=O) groups is 2. The van der Waals surface area contributed by atoms with Crippen molar-refractivity contribution in [2.45, 2.75) is 18.9 Å². The van der Waals surface area contributed by atoms with Crippen LogP contribution in [0.25, 0.3) is 0 Å². The van der Waals surface area contributed by atoms with E-state index in [1.165, 1.54) is 14.2 Å². The van der Waals surface area contributed by atoms with Crippen LogP contribution in [0.4, 0.5) is 0 Å². The van der Waals surface area contributed by atoms with E-state index in [4.69, 9.17) is 26.2 Å². The minimum Gasteiger partial charge on any atom is -0.481 e. The van der Waals surface area contributed by atoms with Crippen molar-refractivity contribution in [3.05, 3.63) is 0 Å². The van der Waals surface area contributed by atoms with Gasteiger partial charge in [0.1, 0.15) is 0 Å². The molecule has 1 amide bonds. The van der Waals surface area contributed by atoms with Gasteiger partial charge in [-0.25, -0.2) is 0 Å². The summed E-state index contributed by atoms with van der Waals surface area (Å²) in [6.45, 7) is 0. The third-order valence-corrected chi connectivity index (χ3v) is 5.60. The molecular weight excluding hydrogens is 330 g/mol. The van der Waals surface area contributed by atoms with Gasteiger partial charge in [0.2, 0.25) is 5.91 Å². The van der Waals surface area contributed by atoms with Gasteiger partial charge in [-0.1, -0.05) is 0 Å². The van der Waals surface area contributed by atoms with Crippen LogP contribution in [-0.2, 0) is 18.4 Å². The minimum absolute atomic E-state index is 0.0729. The molecule has 0 saturated carbocycles. The van der Waals surface area contributed by atoms with Crippen LogP contribution in [0.2, 0.25) is 6.04 Å². The topological polar surface area (TPSA) is 120 Å².